The summed E-state index contributed by atoms with van der Waals surface area (Å²) in [5.41, 5.74) is 3.01. The zero-order valence-corrected chi connectivity index (χ0v) is 19.5. The van der Waals surface area contributed by atoms with Crippen LogP contribution in [0.3, 0.4) is 0 Å². The number of carbonyl (C=O) groups excluding carboxylic acids is 5. The number of carboxylic acid groups (broad SMARTS) is 1. The van der Waals surface area contributed by atoms with Crippen molar-refractivity contribution in [2.24, 2.45) is 11.1 Å². The van der Waals surface area contributed by atoms with Gasteiger partial charge in [0, 0.05) is 18.4 Å². The molecule has 5 amide bonds. The number of imide groups is 2. The fourth-order valence-corrected chi connectivity index (χ4v) is 5.11. The second kappa shape index (κ2) is 8.64. The van der Waals surface area contributed by atoms with Gasteiger partial charge in [0.1, 0.15) is 11.6 Å². The number of aliphatic carboxylic acids is 1. The van der Waals surface area contributed by atoms with Gasteiger partial charge in [-0.1, -0.05) is 26.0 Å². The van der Waals surface area contributed by atoms with E-state index in [1.165, 1.54) is 31.1 Å². The monoisotopic (exact) mass is 472 g/mol. The van der Waals surface area contributed by atoms with E-state index in [-0.39, 0.29) is 30.5 Å². The number of likely N-dealkylation sites (tertiary alicyclic amines) is 1. The average Bonchev–Trinajstić information content (AvgIpc) is 2.99. The number of hydrogen-bond acceptors (Lipinski definition) is 7. The lowest BCUT2D eigenvalue weighted by atomic mass is 9.68. The molecule has 2 heterocycles. The zero-order chi connectivity index (χ0) is 25.6. The van der Waals surface area contributed by atoms with Gasteiger partial charge in [0.25, 0.3) is 17.7 Å². The number of amides is 5. The maximum atomic E-state index is 13.4. The Morgan fingerprint density at radius 3 is 2.06 bits per heavy atom. The van der Waals surface area contributed by atoms with Gasteiger partial charge in [-0.15, -0.1) is 0 Å². The van der Waals surface area contributed by atoms with Crippen LogP contribution in [0.15, 0.2) is 24.3 Å². The average molecular weight is 472 g/mol. The number of primary amides is 1. The first-order chi connectivity index (χ1) is 15.8. The fraction of sp³-hybridized carbons (Fsp3) is 0.478. The number of likely N-dealkylation sites (N-methyl/N-ethyl adjacent to an activating group) is 1. The maximum Gasteiger partial charge on any atom is 0.305 e. The molecule has 0 bridgehead atoms. The fourth-order valence-electron chi connectivity index (χ4n) is 5.11. The standard InChI is InChI=1S/C23H28N4O7/c1-22(2,23(21(24)34,25(3)4)11-17(29)30)12-26-16(28)10-9-15(20(26)33)27-18(31)13-7-5-6-8-14(13)19(27)32/h5-8,15H,9-12H2,1-4H3,(H2,24,34)(H,29,30)/t15?,23-/m1/s1. The van der Waals surface area contributed by atoms with Crippen molar-refractivity contribution < 1.29 is 33.9 Å². The Morgan fingerprint density at radius 2 is 1.62 bits per heavy atom. The van der Waals surface area contributed by atoms with Crippen molar-refractivity contribution in [3.05, 3.63) is 35.4 Å². The number of hydrogen-bond donors (Lipinski definition) is 2. The minimum atomic E-state index is -1.73. The van der Waals surface area contributed by atoms with Gasteiger partial charge >= 0.3 is 5.97 Å². The molecule has 0 saturated carbocycles. The molecule has 3 N–H and O–H groups in total. The van der Waals surface area contributed by atoms with Gasteiger partial charge < -0.3 is 10.8 Å². The van der Waals surface area contributed by atoms with Gasteiger partial charge in [0.05, 0.1) is 17.5 Å². The van der Waals surface area contributed by atoms with E-state index in [9.17, 15) is 33.9 Å². The third kappa shape index (κ3) is 3.75. The van der Waals surface area contributed by atoms with Gasteiger partial charge in [-0.25, -0.2) is 0 Å². The predicted octanol–water partition coefficient (Wildman–Crippen LogP) is 0.0868. The molecule has 0 aliphatic carbocycles. The van der Waals surface area contributed by atoms with Gasteiger partial charge in [0.15, 0.2) is 0 Å². The number of benzene rings is 1. The minimum Gasteiger partial charge on any atom is -0.481 e. The highest BCUT2D eigenvalue weighted by molar-refractivity contribution is 6.23. The Bertz CT molecular complexity index is 1060. The van der Waals surface area contributed by atoms with Crippen LogP contribution in [0.25, 0.3) is 0 Å². The van der Waals surface area contributed by atoms with Crippen molar-refractivity contribution in [1.82, 2.24) is 14.7 Å². The van der Waals surface area contributed by atoms with E-state index in [0.717, 1.165) is 9.80 Å². The minimum absolute atomic E-state index is 0.0240. The quantitative estimate of drug-likeness (QED) is 0.504. The van der Waals surface area contributed by atoms with Crippen LogP contribution >= 0.6 is 0 Å². The summed E-state index contributed by atoms with van der Waals surface area (Å²) in [5.74, 6) is -4.72. The Kier molecular flexibility index (Phi) is 6.36. The van der Waals surface area contributed by atoms with Crippen LogP contribution in [0.1, 0.15) is 53.8 Å². The largest absolute Gasteiger partial charge is 0.481 e. The van der Waals surface area contributed by atoms with E-state index < -0.39 is 58.9 Å². The van der Waals surface area contributed by atoms with Gasteiger partial charge in [-0.2, -0.15) is 0 Å². The van der Waals surface area contributed by atoms with Gasteiger partial charge in [-0.3, -0.25) is 43.5 Å². The van der Waals surface area contributed by atoms with E-state index in [1.54, 1.807) is 26.0 Å². The molecule has 3 rings (SSSR count). The Labute approximate surface area is 196 Å². The molecule has 0 radical (unpaired) electrons. The summed E-state index contributed by atoms with van der Waals surface area (Å²) in [6.07, 6.45) is -0.783. The van der Waals surface area contributed by atoms with Crippen molar-refractivity contribution in [2.75, 3.05) is 20.6 Å². The summed E-state index contributed by atoms with van der Waals surface area (Å²) in [4.78, 5) is 79.4. The molecule has 2 aliphatic rings. The number of carbonyl (C=O) groups is 6. The molecule has 0 spiro atoms. The molecule has 11 nitrogen and oxygen atoms in total. The van der Waals surface area contributed by atoms with Crippen molar-refractivity contribution >= 4 is 35.5 Å². The molecule has 1 saturated heterocycles. The summed E-state index contributed by atoms with van der Waals surface area (Å²) in [5, 5.41) is 9.49. The first-order valence-electron chi connectivity index (χ1n) is 10.8. The van der Waals surface area contributed by atoms with Crippen LogP contribution in [-0.4, -0.2) is 87.5 Å². The van der Waals surface area contributed by atoms with Gasteiger partial charge in [0.2, 0.25) is 11.8 Å². The lowest BCUT2D eigenvalue weighted by molar-refractivity contribution is -0.160. The van der Waals surface area contributed by atoms with E-state index in [2.05, 4.69) is 0 Å². The molecule has 182 valence electrons. The van der Waals surface area contributed by atoms with E-state index in [4.69, 9.17) is 5.73 Å². The van der Waals surface area contributed by atoms with Crippen LogP contribution in [0.4, 0.5) is 0 Å². The molecule has 2 aliphatic heterocycles. The van der Waals surface area contributed by atoms with Crippen LogP contribution in [0.5, 0.6) is 0 Å². The Morgan fingerprint density at radius 1 is 1.09 bits per heavy atom. The third-order valence-corrected chi connectivity index (χ3v) is 6.87. The van der Waals surface area contributed by atoms with Crippen LogP contribution in [0, 0.1) is 5.41 Å². The first-order valence-corrected chi connectivity index (χ1v) is 10.8. The summed E-state index contributed by atoms with van der Waals surface area (Å²) in [6.45, 7) is 2.76. The lowest BCUT2D eigenvalue weighted by Gasteiger charge is -2.50. The number of rotatable bonds is 8. The number of nitrogens with zero attached hydrogens (tertiary/aromatic N) is 3. The maximum absolute atomic E-state index is 13.4. The van der Waals surface area contributed by atoms with Crippen molar-refractivity contribution in [2.45, 2.75) is 44.7 Å². The predicted molar refractivity (Wildman–Crippen MR) is 118 cm³/mol. The van der Waals surface area contributed by atoms with Crippen molar-refractivity contribution in [1.29, 1.82) is 0 Å². The molecule has 34 heavy (non-hydrogen) atoms. The van der Waals surface area contributed by atoms with Crippen molar-refractivity contribution in [3.8, 4) is 0 Å². The molecule has 1 unspecified atom stereocenters. The first kappa shape index (κ1) is 25.0. The van der Waals surface area contributed by atoms with Gasteiger partial charge in [-0.05, 0) is 32.6 Å². The summed E-state index contributed by atoms with van der Waals surface area (Å²) >= 11 is 0. The molecule has 1 aromatic rings. The Balaban J connectivity index is 1.95. The smallest absolute Gasteiger partial charge is 0.305 e. The normalized spacial score (nSPS) is 20.6. The second-order valence-corrected chi connectivity index (χ2v) is 9.47. The molecule has 1 aromatic carbocycles. The molecule has 1 fully saturated rings. The van der Waals surface area contributed by atoms with Crippen LogP contribution in [0.2, 0.25) is 0 Å². The summed E-state index contributed by atoms with van der Waals surface area (Å²) in [7, 11) is 2.99. The third-order valence-electron chi connectivity index (χ3n) is 6.87. The summed E-state index contributed by atoms with van der Waals surface area (Å²) < 4.78 is 0. The van der Waals surface area contributed by atoms with Crippen LogP contribution in [-0.2, 0) is 19.2 Å². The molecular weight excluding hydrogens is 444 g/mol. The highest BCUT2D eigenvalue weighted by atomic mass is 16.4. The number of carboxylic acids is 1. The topological polar surface area (TPSA) is 158 Å². The van der Waals surface area contributed by atoms with Crippen LogP contribution < -0.4 is 5.73 Å². The number of nitrogens with two attached hydrogens (primary N) is 1. The highest BCUT2D eigenvalue weighted by Gasteiger charge is 2.56. The molecule has 0 aromatic heterocycles. The Hall–Kier alpha value is -3.60. The molecule has 11 heteroatoms. The SMILES string of the molecule is CN(C)[C@](CC(=O)O)(C(N)=O)C(C)(C)CN1C(=O)CCC(N2C(=O)c3ccccc3C2=O)C1=O. The molecular formula is C23H28N4O7. The zero-order valence-electron chi connectivity index (χ0n) is 19.5. The number of fused-ring (bicyclic) bond motifs is 1. The molecule has 2 atom stereocenters. The van der Waals surface area contributed by atoms with E-state index >= 15 is 0 Å². The second-order valence-electron chi connectivity index (χ2n) is 9.47. The van der Waals surface area contributed by atoms with E-state index in [1.807, 2.05) is 0 Å². The number of piperidine rings is 1. The highest BCUT2D eigenvalue weighted by Crippen LogP contribution is 2.40. The van der Waals surface area contributed by atoms with E-state index in [0.29, 0.717) is 0 Å². The lowest BCUT2D eigenvalue weighted by Crippen LogP contribution is -2.68. The van der Waals surface area contributed by atoms with Crippen molar-refractivity contribution in [3.63, 3.8) is 0 Å². The summed E-state index contributed by atoms with van der Waals surface area (Å²) in [6, 6.07) is 5.03.